The quantitative estimate of drug-likeness (QED) is 0.378. The highest BCUT2D eigenvalue weighted by Gasteiger charge is 2.59. The molecule has 1 aliphatic heterocycles. The van der Waals surface area contributed by atoms with Gasteiger partial charge in [0, 0.05) is 18.3 Å². The molecule has 2 bridgehead atoms. The molecule has 0 unspecified atom stereocenters. The van der Waals surface area contributed by atoms with Crippen molar-refractivity contribution in [1.82, 2.24) is 0 Å². The Bertz CT molecular complexity index is 1240. The van der Waals surface area contributed by atoms with Gasteiger partial charge in [-0.25, -0.2) is 9.69 Å². The van der Waals surface area contributed by atoms with Crippen molar-refractivity contribution in [2.24, 2.45) is 23.7 Å². The van der Waals surface area contributed by atoms with Crippen LogP contribution in [-0.2, 0) is 23.9 Å². The summed E-state index contributed by atoms with van der Waals surface area (Å²) in [5, 5.41) is 5.22. The van der Waals surface area contributed by atoms with E-state index >= 15 is 0 Å². The van der Waals surface area contributed by atoms with Crippen molar-refractivity contribution >= 4 is 46.7 Å². The van der Waals surface area contributed by atoms with E-state index in [9.17, 15) is 24.0 Å². The Balaban J connectivity index is 1.20. The molecule has 1 saturated heterocycles. The zero-order valence-corrected chi connectivity index (χ0v) is 18.9. The van der Waals surface area contributed by atoms with Gasteiger partial charge in [-0.05, 0) is 60.7 Å². The second kappa shape index (κ2) is 8.83. The minimum Gasteiger partial charge on any atom is -0.452 e. The predicted octanol–water partition coefficient (Wildman–Crippen LogP) is 2.75. The van der Waals surface area contributed by atoms with Crippen LogP contribution in [-0.4, -0.2) is 36.2 Å². The third kappa shape index (κ3) is 4.21. The summed E-state index contributed by atoms with van der Waals surface area (Å²) in [5.74, 6) is -2.42. The fourth-order valence-corrected chi connectivity index (χ4v) is 5.18. The van der Waals surface area contributed by atoms with E-state index < -0.39 is 18.5 Å². The molecule has 2 fully saturated rings. The van der Waals surface area contributed by atoms with E-state index in [0.29, 0.717) is 17.1 Å². The number of nitrogens with zero attached hydrogens (tertiary/aromatic N) is 1. The van der Waals surface area contributed by atoms with E-state index in [1.807, 2.05) is 12.2 Å². The van der Waals surface area contributed by atoms with Gasteiger partial charge in [0.05, 0.1) is 23.1 Å². The van der Waals surface area contributed by atoms with Crippen molar-refractivity contribution in [2.75, 3.05) is 22.1 Å². The lowest BCUT2D eigenvalue weighted by atomic mass is 9.85. The molecule has 4 atom stereocenters. The molecule has 3 aliphatic rings. The maximum absolute atomic E-state index is 13.0. The summed E-state index contributed by atoms with van der Waals surface area (Å²) in [5.41, 5.74) is 1.52. The van der Waals surface area contributed by atoms with Crippen LogP contribution >= 0.6 is 0 Å². The number of anilines is 3. The molecule has 2 aliphatic carbocycles. The SMILES string of the molecule is CC(=O)Nc1ccc(NC(=O)COC(=O)c2cccc(N3C(=O)[C@@H]4[C@H](C3=O)[C@H]3C=C[C@H]4C3)c2)cc1. The van der Waals surface area contributed by atoms with Gasteiger partial charge in [0.25, 0.3) is 5.91 Å². The van der Waals surface area contributed by atoms with Crippen molar-refractivity contribution in [3.8, 4) is 0 Å². The van der Waals surface area contributed by atoms with Gasteiger partial charge in [-0.15, -0.1) is 0 Å². The maximum Gasteiger partial charge on any atom is 0.338 e. The van der Waals surface area contributed by atoms with Crippen molar-refractivity contribution in [2.45, 2.75) is 13.3 Å². The Hall–Kier alpha value is -4.27. The summed E-state index contributed by atoms with van der Waals surface area (Å²) in [7, 11) is 0. The monoisotopic (exact) mass is 473 g/mol. The topological polar surface area (TPSA) is 122 Å². The summed E-state index contributed by atoms with van der Waals surface area (Å²) in [6, 6.07) is 12.6. The lowest BCUT2D eigenvalue weighted by Gasteiger charge is -2.18. The molecular weight excluding hydrogens is 450 g/mol. The van der Waals surface area contributed by atoms with Crippen LogP contribution < -0.4 is 15.5 Å². The first-order chi connectivity index (χ1) is 16.8. The number of amides is 4. The maximum atomic E-state index is 13.0. The molecule has 5 rings (SSSR count). The van der Waals surface area contributed by atoms with Crippen molar-refractivity contribution < 1.29 is 28.7 Å². The van der Waals surface area contributed by atoms with Gasteiger partial charge in [-0.1, -0.05) is 18.2 Å². The number of carbonyl (C=O) groups is 5. The number of hydrogen-bond donors (Lipinski definition) is 2. The highest BCUT2D eigenvalue weighted by Crippen LogP contribution is 2.53. The Kier molecular flexibility index (Phi) is 5.68. The Morgan fingerprint density at radius 3 is 2.11 bits per heavy atom. The summed E-state index contributed by atoms with van der Waals surface area (Å²) in [4.78, 5) is 63.0. The number of imide groups is 1. The zero-order valence-electron chi connectivity index (χ0n) is 18.9. The van der Waals surface area contributed by atoms with Crippen molar-refractivity contribution in [1.29, 1.82) is 0 Å². The van der Waals surface area contributed by atoms with E-state index in [-0.39, 0.29) is 47.0 Å². The second-order valence-corrected chi connectivity index (χ2v) is 8.94. The number of benzene rings is 2. The molecule has 0 radical (unpaired) electrons. The van der Waals surface area contributed by atoms with Crippen LogP contribution in [0.2, 0.25) is 0 Å². The van der Waals surface area contributed by atoms with Gasteiger partial charge in [0.2, 0.25) is 17.7 Å². The number of carbonyl (C=O) groups excluding carboxylic acids is 5. The van der Waals surface area contributed by atoms with Gasteiger partial charge in [0.1, 0.15) is 0 Å². The van der Waals surface area contributed by atoms with Gasteiger partial charge in [0.15, 0.2) is 6.61 Å². The van der Waals surface area contributed by atoms with Crippen LogP contribution in [0.5, 0.6) is 0 Å². The standard InChI is InChI=1S/C26H23N3O6/c1-14(30)27-18-7-9-19(10-8-18)28-21(31)13-35-26(34)17-3-2-4-20(12-17)29-24(32)22-15-5-6-16(11-15)23(22)25(29)33/h2-10,12,15-16,22-23H,11,13H2,1H3,(H,27,30)(H,28,31)/t15-,16-,22-,23+/m0/s1. The molecule has 1 saturated carbocycles. The molecule has 1 heterocycles. The number of hydrogen-bond acceptors (Lipinski definition) is 6. The zero-order chi connectivity index (χ0) is 24.7. The number of allylic oxidation sites excluding steroid dienone is 2. The van der Waals surface area contributed by atoms with E-state index in [2.05, 4.69) is 10.6 Å². The Morgan fingerprint density at radius 2 is 1.51 bits per heavy atom. The fourth-order valence-electron chi connectivity index (χ4n) is 5.18. The second-order valence-electron chi connectivity index (χ2n) is 8.94. The number of ether oxygens (including phenoxy) is 1. The van der Waals surface area contributed by atoms with Gasteiger partial charge >= 0.3 is 5.97 Å². The predicted molar refractivity (Wildman–Crippen MR) is 126 cm³/mol. The van der Waals surface area contributed by atoms with Gasteiger partial charge < -0.3 is 15.4 Å². The fraction of sp³-hybridized carbons (Fsp3) is 0.269. The molecular formula is C26H23N3O6. The average molecular weight is 473 g/mol. The van der Waals surface area contributed by atoms with Crippen LogP contribution in [0, 0.1) is 23.7 Å². The van der Waals surface area contributed by atoms with E-state index in [1.54, 1.807) is 36.4 Å². The molecule has 0 spiro atoms. The smallest absolute Gasteiger partial charge is 0.338 e. The summed E-state index contributed by atoms with van der Waals surface area (Å²) >= 11 is 0. The highest BCUT2D eigenvalue weighted by molar-refractivity contribution is 6.23. The first-order valence-electron chi connectivity index (χ1n) is 11.3. The Labute approximate surface area is 201 Å². The largest absolute Gasteiger partial charge is 0.452 e. The lowest BCUT2D eigenvalue weighted by molar-refractivity contribution is -0.123. The van der Waals surface area contributed by atoms with E-state index in [4.69, 9.17) is 4.74 Å². The number of esters is 1. The molecule has 9 heteroatoms. The first-order valence-corrected chi connectivity index (χ1v) is 11.3. The summed E-state index contributed by atoms with van der Waals surface area (Å²) in [6.45, 7) is 0.879. The van der Waals surface area contributed by atoms with Crippen molar-refractivity contribution in [3.63, 3.8) is 0 Å². The molecule has 35 heavy (non-hydrogen) atoms. The molecule has 2 N–H and O–H groups in total. The molecule has 0 aromatic heterocycles. The average Bonchev–Trinajstić information content (AvgIpc) is 3.52. The van der Waals surface area contributed by atoms with Crippen molar-refractivity contribution in [3.05, 3.63) is 66.2 Å². The summed E-state index contributed by atoms with van der Waals surface area (Å²) in [6.07, 6.45) is 4.89. The molecule has 9 nitrogen and oxygen atoms in total. The minimum absolute atomic E-state index is 0.0970. The highest BCUT2D eigenvalue weighted by atomic mass is 16.5. The van der Waals surface area contributed by atoms with Crippen LogP contribution in [0.25, 0.3) is 0 Å². The summed E-state index contributed by atoms with van der Waals surface area (Å²) < 4.78 is 5.12. The number of fused-ring (bicyclic) bond motifs is 5. The molecule has 2 aromatic rings. The normalized spacial score (nSPS) is 23.9. The van der Waals surface area contributed by atoms with Crippen LogP contribution in [0.1, 0.15) is 23.7 Å². The third-order valence-electron chi connectivity index (χ3n) is 6.63. The molecule has 178 valence electrons. The van der Waals surface area contributed by atoms with Crippen LogP contribution in [0.15, 0.2) is 60.7 Å². The van der Waals surface area contributed by atoms with Crippen LogP contribution in [0.4, 0.5) is 17.1 Å². The number of nitrogens with one attached hydrogen (secondary N) is 2. The first kappa shape index (κ1) is 22.5. The van der Waals surface area contributed by atoms with E-state index in [1.165, 1.54) is 24.0 Å². The number of rotatable bonds is 6. The van der Waals surface area contributed by atoms with Crippen LogP contribution in [0.3, 0.4) is 0 Å². The Morgan fingerprint density at radius 1 is 0.914 bits per heavy atom. The van der Waals surface area contributed by atoms with E-state index in [0.717, 1.165) is 6.42 Å². The lowest BCUT2D eigenvalue weighted by Crippen LogP contribution is -2.33. The molecule has 2 aromatic carbocycles. The van der Waals surface area contributed by atoms with Gasteiger partial charge in [-0.3, -0.25) is 19.2 Å². The third-order valence-corrected chi connectivity index (χ3v) is 6.63. The molecule has 4 amide bonds. The minimum atomic E-state index is -0.746. The van der Waals surface area contributed by atoms with Gasteiger partial charge in [-0.2, -0.15) is 0 Å².